The van der Waals surface area contributed by atoms with Crippen molar-refractivity contribution in [3.8, 4) is 6.07 Å². The fourth-order valence-electron chi connectivity index (χ4n) is 1.85. The number of carbonyl (C=O) groups is 1. The summed E-state index contributed by atoms with van der Waals surface area (Å²) in [6.07, 6.45) is 0. The molecule has 0 unspecified atom stereocenters. The van der Waals surface area contributed by atoms with E-state index in [1.54, 1.807) is 0 Å². The number of halogens is 1. The van der Waals surface area contributed by atoms with Crippen molar-refractivity contribution in [2.75, 3.05) is 24.5 Å². The topological polar surface area (TPSA) is 99.3 Å². The molecular weight excluding hydrogens is 272 g/mol. The molecule has 1 heterocycles. The van der Waals surface area contributed by atoms with Gasteiger partial charge >= 0.3 is 0 Å². The Hall–Kier alpha value is -2.17. The van der Waals surface area contributed by atoms with Crippen molar-refractivity contribution < 1.29 is 9.72 Å². The zero-order chi connectivity index (χ0) is 14.0. The number of hydrogen-bond acceptors (Lipinski definition) is 5. The summed E-state index contributed by atoms with van der Waals surface area (Å²) >= 11 is 5.97. The molecule has 8 heteroatoms. The molecule has 1 fully saturated rings. The van der Waals surface area contributed by atoms with Gasteiger partial charge < -0.3 is 10.2 Å². The minimum absolute atomic E-state index is 0.0948. The van der Waals surface area contributed by atoms with Gasteiger partial charge in [0.15, 0.2) is 0 Å². The van der Waals surface area contributed by atoms with Gasteiger partial charge in [-0.2, -0.15) is 5.26 Å². The number of hydrogen-bond donors (Lipinski definition) is 1. The van der Waals surface area contributed by atoms with Crippen LogP contribution in [0, 0.1) is 21.4 Å². The molecule has 1 saturated heterocycles. The Balaban J connectivity index is 2.55. The Morgan fingerprint density at radius 2 is 2.26 bits per heavy atom. The van der Waals surface area contributed by atoms with Gasteiger partial charge in [0.1, 0.15) is 5.02 Å². The van der Waals surface area contributed by atoms with Gasteiger partial charge in [-0.15, -0.1) is 0 Å². The van der Waals surface area contributed by atoms with Crippen molar-refractivity contribution in [2.24, 2.45) is 0 Å². The quantitative estimate of drug-likeness (QED) is 0.645. The Labute approximate surface area is 113 Å². The van der Waals surface area contributed by atoms with Gasteiger partial charge in [-0.3, -0.25) is 14.9 Å². The molecule has 1 aromatic carbocycles. The summed E-state index contributed by atoms with van der Waals surface area (Å²) in [5, 5.41) is 22.6. The number of nitriles is 1. The van der Waals surface area contributed by atoms with E-state index >= 15 is 0 Å². The molecule has 1 aliphatic rings. The van der Waals surface area contributed by atoms with Crippen molar-refractivity contribution >= 4 is 28.9 Å². The summed E-state index contributed by atoms with van der Waals surface area (Å²) in [5.41, 5.74) is -0.0709. The van der Waals surface area contributed by atoms with Gasteiger partial charge in [0.2, 0.25) is 5.91 Å². The molecule has 1 N–H and O–H groups in total. The number of piperazine rings is 1. The Morgan fingerprint density at radius 3 is 2.84 bits per heavy atom. The first-order valence-corrected chi connectivity index (χ1v) is 5.81. The highest BCUT2D eigenvalue weighted by atomic mass is 35.5. The number of nitro benzene ring substituents is 1. The first-order valence-electron chi connectivity index (χ1n) is 5.43. The minimum atomic E-state index is -0.667. The molecule has 1 aliphatic heterocycles. The number of anilines is 1. The third kappa shape index (κ3) is 2.50. The fourth-order valence-corrected chi connectivity index (χ4v) is 2.13. The van der Waals surface area contributed by atoms with Gasteiger partial charge in [-0.1, -0.05) is 11.6 Å². The number of nitrogens with zero attached hydrogens (tertiary/aromatic N) is 3. The standard InChI is InChI=1S/C11H9ClN4O3/c12-11-8(15-2-1-14-6-10(15)17)3-7(5-13)4-9(11)16(18)19/h3-4,14H,1-2,6H2. The third-order valence-electron chi connectivity index (χ3n) is 2.74. The lowest BCUT2D eigenvalue weighted by molar-refractivity contribution is -0.384. The van der Waals surface area contributed by atoms with Crippen LogP contribution in [-0.4, -0.2) is 30.5 Å². The van der Waals surface area contributed by atoms with Crippen molar-refractivity contribution in [3.05, 3.63) is 32.8 Å². The second kappa shape index (κ2) is 5.22. The van der Waals surface area contributed by atoms with E-state index in [1.807, 2.05) is 6.07 Å². The maximum atomic E-state index is 11.8. The Kier molecular flexibility index (Phi) is 3.64. The minimum Gasteiger partial charge on any atom is -0.308 e. The van der Waals surface area contributed by atoms with E-state index in [0.717, 1.165) is 6.07 Å². The number of benzene rings is 1. The molecule has 7 nitrogen and oxygen atoms in total. The number of nitro groups is 1. The summed E-state index contributed by atoms with van der Waals surface area (Å²) < 4.78 is 0. The van der Waals surface area contributed by atoms with Crippen molar-refractivity contribution in [3.63, 3.8) is 0 Å². The molecule has 19 heavy (non-hydrogen) atoms. The maximum absolute atomic E-state index is 11.8. The van der Waals surface area contributed by atoms with Gasteiger partial charge in [-0.05, 0) is 6.07 Å². The van der Waals surface area contributed by atoms with E-state index in [0.29, 0.717) is 13.1 Å². The summed E-state index contributed by atoms with van der Waals surface area (Å²) in [4.78, 5) is 23.4. The van der Waals surface area contributed by atoms with E-state index in [4.69, 9.17) is 16.9 Å². The average Bonchev–Trinajstić information content (AvgIpc) is 2.39. The van der Waals surface area contributed by atoms with Gasteiger partial charge in [-0.25, -0.2) is 0 Å². The van der Waals surface area contributed by atoms with Crippen molar-refractivity contribution in [1.82, 2.24) is 5.32 Å². The Bertz CT molecular complexity index is 596. The highest BCUT2D eigenvalue weighted by molar-refractivity contribution is 6.36. The van der Waals surface area contributed by atoms with Crippen molar-refractivity contribution in [2.45, 2.75) is 0 Å². The SMILES string of the molecule is N#Cc1cc(N2CCNCC2=O)c(Cl)c([N+](=O)[O-])c1. The molecule has 0 saturated carbocycles. The zero-order valence-electron chi connectivity index (χ0n) is 9.72. The second-order valence-corrected chi connectivity index (χ2v) is 4.30. The summed E-state index contributed by atoms with van der Waals surface area (Å²) in [7, 11) is 0. The lowest BCUT2D eigenvalue weighted by Crippen LogP contribution is -2.48. The summed E-state index contributed by atoms with van der Waals surface area (Å²) in [6.45, 7) is 1.05. The van der Waals surface area contributed by atoms with Crippen LogP contribution in [0.4, 0.5) is 11.4 Å². The maximum Gasteiger partial charge on any atom is 0.291 e. The number of carbonyl (C=O) groups excluding carboxylic acids is 1. The van der Waals surface area contributed by atoms with E-state index in [2.05, 4.69) is 5.32 Å². The van der Waals surface area contributed by atoms with Gasteiger partial charge in [0.05, 0.1) is 28.8 Å². The molecule has 0 bridgehead atoms. The van der Waals surface area contributed by atoms with Crippen LogP contribution >= 0.6 is 11.6 Å². The fraction of sp³-hybridized carbons (Fsp3) is 0.273. The van der Waals surface area contributed by atoms with E-state index in [1.165, 1.54) is 11.0 Å². The van der Waals surface area contributed by atoms with Crippen LogP contribution < -0.4 is 10.2 Å². The van der Waals surface area contributed by atoms with Crippen LogP contribution in [0.25, 0.3) is 0 Å². The molecule has 0 atom stereocenters. The van der Waals surface area contributed by atoms with E-state index in [9.17, 15) is 14.9 Å². The number of nitrogens with one attached hydrogen (secondary N) is 1. The van der Waals surface area contributed by atoms with Crippen LogP contribution in [0.1, 0.15) is 5.56 Å². The molecular formula is C11H9ClN4O3. The van der Waals surface area contributed by atoms with Crippen LogP contribution in [0.3, 0.4) is 0 Å². The smallest absolute Gasteiger partial charge is 0.291 e. The molecule has 1 aromatic rings. The molecule has 2 rings (SSSR count). The zero-order valence-corrected chi connectivity index (χ0v) is 10.5. The first kappa shape index (κ1) is 13.3. The predicted molar refractivity (Wildman–Crippen MR) is 68.0 cm³/mol. The predicted octanol–water partition coefficient (Wildman–Crippen LogP) is 1.06. The average molecular weight is 281 g/mol. The van der Waals surface area contributed by atoms with Gasteiger partial charge in [0, 0.05) is 19.2 Å². The lowest BCUT2D eigenvalue weighted by Gasteiger charge is -2.28. The highest BCUT2D eigenvalue weighted by Gasteiger charge is 2.26. The normalized spacial score (nSPS) is 15.2. The van der Waals surface area contributed by atoms with Crippen LogP contribution in [0.2, 0.25) is 5.02 Å². The molecule has 0 radical (unpaired) electrons. The number of rotatable bonds is 2. The highest BCUT2D eigenvalue weighted by Crippen LogP contribution is 2.36. The summed E-state index contributed by atoms with van der Waals surface area (Å²) in [6, 6.07) is 4.31. The Morgan fingerprint density at radius 1 is 1.53 bits per heavy atom. The van der Waals surface area contributed by atoms with Gasteiger partial charge in [0.25, 0.3) is 5.69 Å². The number of amides is 1. The molecule has 0 aromatic heterocycles. The van der Waals surface area contributed by atoms with E-state index in [-0.39, 0.29) is 34.4 Å². The first-order chi connectivity index (χ1) is 9.04. The van der Waals surface area contributed by atoms with Crippen LogP contribution in [0.5, 0.6) is 0 Å². The van der Waals surface area contributed by atoms with E-state index < -0.39 is 4.92 Å². The van der Waals surface area contributed by atoms with Crippen molar-refractivity contribution in [1.29, 1.82) is 5.26 Å². The third-order valence-corrected chi connectivity index (χ3v) is 3.13. The van der Waals surface area contributed by atoms with Crippen LogP contribution in [0.15, 0.2) is 12.1 Å². The largest absolute Gasteiger partial charge is 0.308 e. The monoisotopic (exact) mass is 280 g/mol. The molecule has 0 spiro atoms. The molecule has 0 aliphatic carbocycles. The second-order valence-electron chi connectivity index (χ2n) is 3.92. The molecule has 98 valence electrons. The summed E-state index contributed by atoms with van der Waals surface area (Å²) in [5.74, 6) is -0.238. The van der Waals surface area contributed by atoms with Crippen LogP contribution in [-0.2, 0) is 4.79 Å². The lowest BCUT2D eigenvalue weighted by atomic mass is 10.1. The molecule has 1 amide bonds.